The van der Waals surface area contributed by atoms with Gasteiger partial charge in [-0.05, 0) is 55.2 Å². The normalized spacial score (nSPS) is 14.9. The lowest BCUT2D eigenvalue weighted by Gasteiger charge is -2.14. The molecule has 1 saturated heterocycles. The van der Waals surface area contributed by atoms with Crippen LogP contribution >= 0.6 is 24.0 Å². The van der Waals surface area contributed by atoms with Gasteiger partial charge in [-0.25, -0.2) is 4.98 Å². The molecule has 0 saturated carbocycles. The topological polar surface area (TPSA) is 75.9 Å². The number of hydrogen-bond acceptors (Lipinski definition) is 7. The average molecular weight is 495 g/mol. The second kappa shape index (κ2) is 10.4. The molecule has 1 fully saturated rings. The van der Waals surface area contributed by atoms with Crippen LogP contribution in [0, 0.1) is 6.92 Å². The molecule has 176 valence electrons. The summed E-state index contributed by atoms with van der Waals surface area (Å²) < 4.78 is 7.20. The fraction of sp³-hybridized carbons (Fsp3) is 0.280. The molecule has 1 aliphatic rings. The molecule has 0 unspecified atom stereocenters. The van der Waals surface area contributed by atoms with Gasteiger partial charge in [-0.15, -0.1) is 0 Å². The summed E-state index contributed by atoms with van der Waals surface area (Å²) in [4.78, 5) is 33.2. The first kappa shape index (κ1) is 24.0. The van der Waals surface area contributed by atoms with Gasteiger partial charge in [0.2, 0.25) is 0 Å². The van der Waals surface area contributed by atoms with Gasteiger partial charge in [0.15, 0.2) is 0 Å². The number of fused-ring (bicyclic) bond motifs is 1. The largest absolute Gasteiger partial charge is 0.497 e. The van der Waals surface area contributed by atoms with Gasteiger partial charge in [0.25, 0.3) is 11.5 Å². The lowest BCUT2D eigenvalue weighted by atomic mass is 10.1. The van der Waals surface area contributed by atoms with Gasteiger partial charge in [-0.2, -0.15) is 0 Å². The summed E-state index contributed by atoms with van der Waals surface area (Å²) in [6.45, 7) is 5.08. The lowest BCUT2D eigenvalue weighted by Crippen LogP contribution is -2.30. The number of nitrogens with one attached hydrogen (secondary N) is 1. The SMILES string of the molecule is CCCNc1nc2c(C)cccn2c(=O)c1/C=C1\SC(=S)N(CCc2ccc(OC)cc2)C1=O. The molecule has 1 N–H and O–H groups in total. The zero-order valence-electron chi connectivity index (χ0n) is 19.3. The third kappa shape index (κ3) is 4.85. The molecular weight excluding hydrogens is 468 g/mol. The Morgan fingerprint density at radius 1 is 1.21 bits per heavy atom. The quantitative estimate of drug-likeness (QED) is 0.370. The molecule has 0 spiro atoms. The predicted molar refractivity (Wildman–Crippen MR) is 142 cm³/mol. The van der Waals surface area contributed by atoms with Crippen molar-refractivity contribution in [2.75, 3.05) is 25.5 Å². The summed E-state index contributed by atoms with van der Waals surface area (Å²) in [6.07, 6.45) is 4.85. The Kier molecular flexibility index (Phi) is 7.33. The first-order valence-corrected chi connectivity index (χ1v) is 12.3. The maximum atomic E-state index is 13.3. The molecule has 34 heavy (non-hydrogen) atoms. The first-order chi connectivity index (χ1) is 16.4. The van der Waals surface area contributed by atoms with Crippen LogP contribution in [0.25, 0.3) is 11.7 Å². The highest BCUT2D eigenvalue weighted by atomic mass is 32.2. The van der Waals surface area contributed by atoms with Crippen LogP contribution in [0.3, 0.4) is 0 Å². The van der Waals surface area contributed by atoms with E-state index in [2.05, 4.69) is 5.32 Å². The van der Waals surface area contributed by atoms with E-state index in [9.17, 15) is 9.59 Å². The molecule has 3 heterocycles. The number of methoxy groups -OCH3 is 1. The van der Waals surface area contributed by atoms with E-state index in [0.29, 0.717) is 45.8 Å². The predicted octanol–water partition coefficient (Wildman–Crippen LogP) is 4.28. The number of amides is 1. The summed E-state index contributed by atoms with van der Waals surface area (Å²) >= 11 is 6.70. The number of nitrogens with zero attached hydrogens (tertiary/aromatic N) is 3. The molecule has 1 aromatic carbocycles. The van der Waals surface area contributed by atoms with Gasteiger partial charge >= 0.3 is 0 Å². The minimum Gasteiger partial charge on any atom is -0.497 e. The van der Waals surface area contributed by atoms with E-state index in [-0.39, 0.29) is 11.5 Å². The Morgan fingerprint density at radius 2 is 1.97 bits per heavy atom. The van der Waals surface area contributed by atoms with Crippen molar-refractivity contribution < 1.29 is 9.53 Å². The van der Waals surface area contributed by atoms with Crippen molar-refractivity contribution >= 4 is 51.7 Å². The van der Waals surface area contributed by atoms with E-state index >= 15 is 0 Å². The molecule has 0 atom stereocenters. The maximum Gasteiger partial charge on any atom is 0.267 e. The van der Waals surface area contributed by atoms with Crippen LogP contribution in [-0.2, 0) is 11.2 Å². The Morgan fingerprint density at radius 3 is 2.68 bits per heavy atom. The second-order valence-electron chi connectivity index (χ2n) is 7.92. The molecular formula is C25H26N4O3S2. The van der Waals surface area contributed by atoms with Crippen molar-refractivity contribution in [3.63, 3.8) is 0 Å². The monoisotopic (exact) mass is 494 g/mol. The van der Waals surface area contributed by atoms with E-state index < -0.39 is 0 Å². The molecule has 0 aliphatic carbocycles. The van der Waals surface area contributed by atoms with Gasteiger partial charge in [0.1, 0.15) is 21.5 Å². The van der Waals surface area contributed by atoms with Crippen LogP contribution in [0.2, 0.25) is 0 Å². The summed E-state index contributed by atoms with van der Waals surface area (Å²) in [5.41, 5.74) is 2.70. The van der Waals surface area contributed by atoms with Gasteiger partial charge in [-0.3, -0.25) is 18.9 Å². The summed E-state index contributed by atoms with van der Waals surface area (Å²) in [7, 11) is 1.63. The highest BCUT2D eigenvalue weighted by molar-refractivity contribution is 8.26. The molecule has 3 aromatic rings. The molecule has 0 radical (unpaired) electrons. The second-order valence-corrected chi connectivity index (χ2v) is 9.60. The molecule has 0 bridgehead atoms. The first-order valence-electron chi connectivity index (χ1n) is 11.1. The van der Waals surface area contributed by atoms with Gasteiger partial charge in [0.05, 0.1) is 17.6 Å². The average Bonchev–Trinajstić information content (AvgIpc) is 3.11. The minimum atomic E-state index is -0.226. The fourth-order valence-electron chi connectivity index (χ4n) is 3.68. The lowest BCUT2D eigenvalue weighted by molar-refractivity contribution is -0.122. The Labute approximate surface area is 207 Å². The van der Waals surface area contributed by atoms with Gasteiger partial charge in [-0.1, -0.05) is 49.1 Å². The molecule has 4 rings (SSSR count). The van der Waals surface area contributed by atoms with E-state index in [1.165, 1.54) is 16.2 Å². The Bertz CT molecular complexity index is 1330. The highest BCUT2D eigenvalue weighted by Crippen LogP contribution is 2.33. The van der Waals surface area contributed by atoms with Crippen LogP contribution in [0.15, 0.2) is 52.3 Å². The van der Waals surface area contributed by atoms with Crippen LogP contribution in [-0.4, -0.2) is 44.7 Å². The van der Waals surface area contributed by atoms with Crippen LogP contribution in [0.5, 0.6) is 5.75 Å². The molecule has 1 aliphatic heterocycles. The number of aryl methyl sites for hydroxylation is 1. The smallest absolute Gasteiger partial charge is 0.267 e. The molecule has 7 nitrogen and oxygen atoms in total. The van der Waals surface area contributed by atoms with E-state index in [0.717, 1.165) is 23.3 Å². The molecule has 9 heteroatoms. The zero-order chi connectivity index (χ0) is 24.2. The van der Waals surface area contributed by atoms with Crippen molar-refractivity contribution in [2.24, 2.45) is 0 Å². The van der Waals surface area contributed by atoms with Crippen molar-refractivity contribution in [3.8, 4) is 5.75 Å². The number of rotatable bonds is 8. The van der Waals surface area contributed by atoms with E-state index in [1.807, 2.05) is 50.2 Å². The Hall–Kier alpha value is -3.17. The van der Waals surface area contributed by atoms with Gasteiger partial charge in [0, 0.05) is 19.3 Å². The third-order valence-electron chi connectivity index (χ3n) is 5.56. The number of aromatic nitrogens is 2. The van der Waals surface area contributed by atoms with Crippen molar-refractivity contribution in [1.82, 2.24) is 14.3 Å². The van der Waals surface area contributed by atoms with Crippen LogP contribution in [0.1, 0.15) is 30.0 Å². The highest BCUT2D eigenvalue weighted by Gasteiger charge is 2.32. The maximum absolute atomic E-state index is 13.3. The van der Waals surface area contributed by atoms with Crippen LogP contribution < -0.4 is 15.6 Å². The summed E-state index contributed by atoms with van der Waals surface area (Å²) in [6, 6.07) is 11.5. The standard InChI is InChI=1S/C25H26N4O3S2/c1-4-12-26-21-19(23(30)28-13-5-6-16(2)22(28)27-21)15-20-24(31)29(25(33)34-20)14-11-17-7-9-18(32-3)10-8-17/h5-10,13,15,26H,4,11-12,14H2,1-3H3/b20-15-. The number of benzene rings is 1. The molecule has 1 amide bonds. The van der Waals surface area contributed by atoms with E-state index in [4.69, 9.17) is 21.9 Å². The van der Waals surface area contributed by atoms with Crippen molar-refractivity contribution in [1.29, 1.82) is 0 Å². The number of thiocarbonyl (C=S) groups is 1. The number of hydrogen-bond donors (Lipinski definition) is 1. The summed E-state index contributed by atoms with van der Waals surface area (Å²) in [5, 5.41) is 3.24. The number of thioether (sulfide) groups is 1. The number of pyridine rings is 1. The van der Waals surface area contributed by atoms with Gasteiger partial charge < -0.3 is 10.1 Å². The van der Waals surface area contributed by atoms with Crippen molar-refractivity contribution in [3.05, 3.63) is 74.5 Å². The Balaban J connectivity index is 1.63. The number of carbonyl (C=O) groups is 1. The minimum absolute atomic E-state index is 0.196. The van der Waals surface area contributed by atoms with Crippen LogP contribution in [0.4, 0.5) is 5.82 Å². The fourth-order valence-corrected chi connectivity index (χ4v) is 4.97. The van der Waals surface area contributed by atoms with Crippen molar-refractivity contribution in [2.45, 2.75) is 26.7 Å². The number of carbonyl (C=O) groups excluding carboxylic acids is 1. The number of anilines is 1. The zero-order valence-corrected chi connectivity index (χ0v) is 21.0. The summed E-state index contributed by atoms with van der Waals surface area (Å²) in [5.74, 6) is 1.07. The van der Waals surface area contributed by atoms with E-state index in [1.54, 1.807) is 24.3 Å². The third-order valence-corrected chi connectivity index (χ3v) is 6.94. The number of ether oxygens (including phenoxy) is 1. The molecule has 2 aromatic heterocycles.